The molecule has 34 heavy (non-hydrogen) atoms. The zero-order valence-corrected chi connectivity index (χ0v) is 20.8. The first-order valence-electron chi connectivity index (χ1n) is 10.9. The molecule has 8 nitrogen and oxygen atoms in total. The molecule has 1 aliphatic rings. The summed E-state index contributed by atoms with van der Waals surface area (Å²) < 4.78 is 5.46. The Kier molecular flexibility index (Phi) is 7.09. The van der Waals surface area contributed by atoms with E-state index in [1.54, 1.807) is 41.8 Å². The van der Waals surface area contributed by atoms with Gasteiger partial charge in [-0.15, -0.1) is 0 Å². The third-order valence-corrected chi connectivity index (χ3v) is 5.83. The van der Waals surface area contributed by atoms with E-state index in [2.05, 4.69) is 25.2 Å². The average molecular weight is 501 g/mol. The van der Waals surface area contributed by atoms with Crippen LogP contribution in [0.25, 0.3) is 11.1 Å². The van der Waals surface area contributed by atoms with Crippen LogP contribution in [0.3, 0.4) is 0 Å². The number of amides is 1. The maximum atomic E-state index is 12.3. The number of nitrogens with one attached hydrogen (secondary N) is 1. The molecule has 0 bridgehead atoms. The number of rotatable bonds is 4. The van der Waals surface area contributed by atoms with Crippen molar-refractivity contribution in [1.29, 1.82) is 0 Å². The molecule has 10 heteroatoms. The van der Waals surface area contributed by atoms with Crippen molar-refractivity contribution in [1.82, 2.24) is 19.9 Å². The maximum absolute atomic E-state index is 12.3. The maximum Gasteiger partial charge on any atom is 0.410 e. The Morgan fingerprint density at radius 1 is 0.941 bits per heavy atom. The first-order valence-corrected chi connectivity index (χ1v) is 11.7. The lowest BCUT2D eigenvalue weighted by atomic mass is 10.1. The smallest absolute Gasteiger partial charge is 0.410 e. The van der Waals surface area contributed by atoms with Gasteiger partial charge in [0.15, 0.2) is 0 Å². The molecule has 4 rings (SSSR count). The Morgan fingerprint density at radius 2 is 1.68 bits per heavy atom. The summed E-state index contributed by atoms with van der Waals surface area (Å²) in [4.78, 5) is 29.1. The van der Waals surface area contributed by atoms with Gasteiger partial charge >= 0.3 is 6.09 Å². The molecular formula is C24H26Cl2N6O2. The van der Waals surface area contributed by atoms with Crippen molar-refractivity contribution in [2.75, 3.05) is 36.4 Å². The average Bonchev–Trinajstić information content (AvgIpc) is 2.79. The molecule has 1 fully saturated rings. The molecule has 0 spiro atoms. The number of pyridine rings is 3. The largest absolute Gasteiger partial charge is 0.444 e. The van der Waals surface area contributed by atoms with Crippen LogP contribution in [0.4, 0.5) is 22.1 Å². The first-order chi connectivity index (χ1) is 16.2. The number of nitrogens with zero attached hydrogens (tertiary/aromatic N) is 5. The molecule has 0 atom stereocenters. The van der Waals surface area contributed by atoms with Gasteiger partial charge < -0.3 is 19.9 Å². The van der Waals surface area contributed by atoms with Gasteiger partial charge in [-0.25, -0.2) is 14.8 Å². The van der Waals surface area contributed by atoms with Gasteiger partial charge in [-0.3, -0.25) is 4.98 Å². The number of anilines is 3. The van der Waals surface area contributed by atoms with Crippen LogP contribution in [0.15, 0.2) is 49.1 Å². The summed E-state index contributed by atoms with van der Waals surface area (Å²) in [5.41, 5.74) is 2.00. The number of carbonyl (C=O) groups excluding carboxylic acids is 1. The SMILES string of the molecule is CC(C)(C)OC(=O)N1CCN(c2ccc(Nc3cc(Cl)c(-c4ccncc4Cl)cn3)nc2)CC1. The zero-order valence-electron chi connectivity index (χ0n) is 19.3. The van der Waals surface area contributed by atoms with E-state index in [1.165, 1.54) is 0 Å². The predicted octanol–water partition coefficient (Wildman–Crippen LogP) is 5.65. The van der Waals surface area contributed by atoms with E-state index in [4.69, 9.17) is 27.9 Å². The summed E-state index contributed by atoms with van der Waals surface area (Å²) in [5.74, 6) is 1.22. The molecule has 1 N–H and O–H groups in total. The van der Waals surface area contributed by atoms with Crippen LogP contribution < -0.4 is 10.2 Å². The zero-order chi connectivity index (χ0) is 24.3. The molecule has 1 saturated heterocycles. The monoisotopic (exact) mass is 500 g/mol. The van der Waals surface area contributed by atoms with Crippen LogP contribution in [0.5, 0.6) is 0 Å². The van der Waals surface area contributed by atoms with Crippen molar-refractivity contribution >= 4 is 46.6 Å². The number of aromatic nitrogens is 3. The van der Waals surface area contributed by atoms with Gasteiger partial charge in [0, 0.05) is 62.0 Å². The summed E-state index contributed by atoms with van der Waals surface area (Å²) in [6.07, 6.45) is 6.44. The summed E-state index contributed by atoms with van der Waals surface area (Å²) >= 11 is 12.7. The number of hydrogen-bond acceptors (Lipinski definition) is 7. The van der Waals surface area contributed by atoms with Crippen molar-refractivity contribution in [3.63, 3.8) is 0 Å². The number of ether oxygens (including phenoxy) is 1. The van der Waals surface area contributed by atoms with E-state index in [1.807, 2.05) is 32.9 Å². The van der Waals surface area contributed by atoms with Crippen LogP contribution in [0.2, 0.25) is 10.0 Å². The Hall–Kier alpha value is -3.10. The molecule has 0 unspecified atom stereocenters. The lowest BCUT2D eigenvalue weighted by Gasteiger charge is -2.36. The van der Waals surface area contributed by atoms with Crippen molar-refractivity contribution in [3.8, 4) is 11.1 Å². The Morgan fingerprint density at radius 3 is 2.29 bits per heavy atom. The topological polar surface area (TPSA) is 83.5 Å². The second kappa shape index (κ2) is 10.0. The highest BCUT2D eigenvalue weighted by Gasteiger charge is 2.26. The minimum absolute atomic E-state index is 0.270. The molecule has 0 aliphatic carbocycles. The van der Waals surface area contributed by atoms with Gasteiger partial charge in [-0.1, -0.05) is 23.2 Å². The third-order valence-electron chi connectivity index (χ3n) is 5.22. The lowest BCUT2D eigenvalue weighted by Crippen LogP contribution is -2.50. The molecular weight excluding hydrogens is 475 g/mol. The molecule has 178 valence electrons. The fourth-order valence-corrected chi connectivity index (χ4v) is 4.02. The normalized spacial score (nSPS) is 14.1. The summed E-state index contributed by atoms with van der Waals surface area (Å²) in [5, 5.41) is 4.20. The number of piperazine rings is 1. The van der Waals surface area contributed by atoms with Crippen LogP contribution in [0.1, 0.15) is 20.8 Å². The Labute approximate surface area is 208 Å². The van der Waals surface area contributed by atoms with E-state index in [0.717, 1.165) is 16.8 Å². The minimum Gasteiger partial charge on any atom is -0.444 e. The molecule has 0 aromatic carbocycles. The molecule has 0 saturated carbocycles. The van der Waals surface area contributed by atoms with Gasteiger partial charge in [0.1, 0.15) is 17.2 Å². The second-order valence-electron chi connectivity index (χ2n) is 8.89. The highest BCUT2D eigenvalue weighted by Crippen LogP contribution is 2.33. The summed E-state index contributed by atoms with van der Waals surface area (Å²) in [6, 6.07) is 7.41. The van der Waals surface area contributed by atoms with Crippen molar-refractivity contribution < 1.29 is 9.53 Å². The summed E-state index contributed by atoms with van der Waals surface area (Å²) in [7, 11) is 0. The van der Waals surface area contributed by atoms with Crippen LogP contribution in [-0.4, -0.2) is 57.7 Å². The molecule has 1 aliphatic heterocycles. The molecule has 1 amide bonds. The van der Waals surface area contributed by atoms with E-state index in [0.29, 0.717) is 47.9 Å². The van der Waals surface area contributed by atoms with Crippen LogP contribution in [-0.2, 0) is 4.74 Å². The van der Waals surface area contributed by atoms with E-state index in [9.17, 15) is 4.79 Å². The predicted molar refractivity (Wildman–Crippen MR) is 135 cm³/mol. The van der Waals surface area contributed by atoms with E-state index >= 15 is 0 Å². The molecule has 0 radical (unpaired) electrons. The van der Waals surface area contributed by atoms with Crippen LogP contribution in [0, 0.1) is 0 Å². The van der Waals surface area contributed by atoms with Gasteiger partial charge in [-0.2, -0.15) is 0 Å². The Bertz CT molecular complexity index is 1160. The second-order valence-corrected chi connectivity index (χ2v) is 9.70. The van der Waals surface area contributed by atoms with Crippen LogP contribution >= 0.6 is 23.2 Å². The highest BCUT2D eigenvalue weighted by molar-refractivity contribution is 6.36. The molecule has 3 aromatic rings. The first kappa shape index (κ1) is 24.0. The third kappa shape index (κ3) is 5.87. The van der Waals surface area contributed by atoms with Gasteiger partial charge in [0.2, 0.25) is 0 Å². The Balaban J connectivity index is 1.36. The lowest BCUT2D eigenvalue weighted by molar-refractivity contribution is 0.0240. The number of carbonyl (C=O) groups is 1. The molecule has 3 aromatic heterocycles. The summed E-state index contributed by atoms with van der Waals surface area (Å²) in [6.45, 7) is 8.24. The number of halogens is 2. The molecule has 4 heterocycles. The van der Waals surface area contributed by atoms with E-state index in [-0.39, 0.29) is 6.09 Å². The minimum atomic E-state index is -0.494. The fraction of sp³-hybridized carbons (Fsp3) is 0.333. The van der Waals surface area contributed by atoms with Gasteiger partial charge in [-0.05, 0) is 39.0 Å². The van der Waals surface area contributed by atoms with Crippen molar-refractivity contribution in [3.05, 3.63) is 59.1 Å². The van der Waals surface area contributed by atoms with Crippen molar-refractivity contribution in [2.24, 2.45) is 0 Å². The fourth-order valence-electron chi connectivity index (χ4n) is 3.54. The highest BCUT2D eigenvalue weighted by atomic mass is 35.5. The van der Waals surface area contributed by atoms with E-state index < -0.39 is 5.60 Å². The van der Waals surface area contributed by atoms with Gasteiger partial charge in [0.25, 0.3) is 0 Å². The number of hydrogen-bond donors (Lipinski definition) is 1. The van der Waals surface area contributed by atoms with Crippen molar-refractivity contribution in [2.45, 2.75) is 26.4 Å². The quantitative estimate of drug-likeness (QED) is 0.495. The van der Waals surface area contributed by atoms with Gasteiger partial charge in [0.05, 0.1) is 21.9 Å². The standard InChI is InChI=1S/C24H26Cl2N6O2/c1-24(2,3)34-23(33)32-10-8-31(9-11-32)16-4-5-21(28-13-16)30-22-12-19(25)18(14-29-22)17-6-7-27-15-20(17)26/h4-7,12-15H,8-11H2,1-3H3,(H,28,29,30).